The van der Waals surface area contributed by atoms with Gasteiger partial charge in [-0.1, -0.05) is 12.1 Å². The van der Waals surface area contributed by atoms with Crippen molar-refractivity contribution in [3.8, 4) is 0 Å². The van der Waals surface area contributed by atoms with E-state index >= 15 is 0 Å². The topological polar surface area (TPSA) is 38.7 Å². The van der Waals surface area contributed by atoms with Crippen LogP contribution in [-0.4, -0.2) is 18.8 Å². The molecule has 0 bridgehead atoms. The first-order chi connectivity index (χ1) is 8.31. The summed E-state index contributed by atoms with van der Waals surface area (Å²) in [4.78, 5) is 15.6. The van der Waals surface area contributed by atoms with Crippen LogP contribution >= 0.6 is 0 Å². The molecule has 1 heterocycles. The Kier molecular flexibility index (Phi) is 3.50. The monoisotopic (exact) mass is 227 g/mol. The Bertz CT molecular complexity index is 513. The van der Waals surface area contributed by atoms with Gasteiger partial charge in [0, 0.05) is 12.4 Å². The lowest BCUT2D eigenvalue weighted by Gasteiger charge is -2.06. The van der Waals surface area contributed by atoms with E-state index in [1.165, 1.54) is 0 Å². The highest BCUT2D eigenvalue weighted by atomic mass is 16.5. The molecular weight excluding hydrogens is 214 g/mol. The molecule has 0 aliphatic carbocycles. The quantitative estimate of drug-likeness (QED) is 0.728. The van der Waals surface area contributed by atoms with Crippen molar-refractivity contribution < 1.29 is 9.53 Å². The number of nitrogens with zero attached hydrogens (tertiary/aromatic N) is 1. The van der Waals surface area contributed by atoms with E-state index < -0.39 is 0 Å². The molecule has 0 amide bonds. The van der Waals surface area contributed by atoms with Crippen molar-refractivity contribution in [3.05, 3.63) is 47.2 Å². The number of benzene rings is 1. The molecule has 0 saturated carbocycles. The minimum absolute atomic E-state index is 0.289. The van der Waals surface area contributed by atoms with E-state index in [0.29, 0.717) is 12.2 Å². The number of ether oxygens (including phenoxy) is 1. The Morgan fingerprint density at radius 2 is 2.18 bits per heavy atom. The van der Waals surface area contributed by atoms with Crippen molar-refractivity contribution in [2.24, 2.45) is 4.99 Å². The number of hydrogen-bond acceptors (Lipinski definition) is 3. The van der Waals surface area contributed by atoms with Gasteiger partial charge in [-0.25, -0.2) is 4.79 Å². The van der Waals surface area contributed by atoms with Crippen LogP contribution in [0.25, 0.3) is 12.2 Å². The standard InChI is InChI=1S/C14H13NO2/c1-2-17-14(16)13-6-5-11-7-9-15-8-3-4-12(11)10-13/h3-10H,2H2,1H3. The van der Waals surface area contributed by atoms with E-state index in [0.717, 1.165) is 11.1 Å². The minimum Gasteiger partial charge on any atom is -0.462 e. The number of hydrogen-bond donors (Lipinski definition) is 0. The molecule has 86 valence electrons. The van der Waals surface area contributed by atoms with Gasteiger partial charge < -0.3 is 4.74 Å². The van der Waals surface area contributed by atoms with E-state index in [4.69, 9.17) is 4.74 Å². The van der Waals surface area contributed by atoms with Crippen molar-refractivity contribution in [1.29, 1.82) is 0 Å². The lowest BCUT2D eigenvalue weighted by Crippen LogP contribution is -2.05. The molecule has 1 aromatic carbocycles. The number of rotatable bonds is 2. The molecule has 0 unspecified atom stereocenters. The van der Waals surface area contributed by atoms with Gasteiger partial charge in [0.05, 0.1) is 12.2 Å². The van der Waals surface area contributed by atoms with Crippen LogP contribution in [0.3, 0.4) is 0 Å². The maximum absolute atomic E-state index is 11.6. The Balaban J connectivity index is 2.37. The van der Waals surface area contributed by atoms with Crippen LogP contribution in [0, 0.1) is 0 Å². The fourth-order valence-electron chi connectivity index (χ4n) is 1.58. The number of allylic oxidation sites excluding steroid dienone is 1. The molecule has 0 atom stereocenters. The molecule has 1 aromatic rings. The summed E-state index contributed by atoms with van der Waals surface area (Å²) in [5.74, 6) is -0.289. The van der Waals surface area contributed by atoms with Crippen LogP contribution in [0.5, 0.6) is 0 Å². The highest BCUT2D eigenvalue weighted by Gasteiger charge is 2.08. The summed E-state index contributed by atoms with van der Waals surface area (Å²) in [6.07, 6.45) is 9.11. The van der Waals surface area contributed by atoms with E-state index in [1.807, 2.05) is 30.4 Å². The first kappa shape index (κ1) is 11.3. The van der Waals surface area contributed by atoms with E-state index in [9.17, 15) is 4.79 Å². The van der Waals surface area contributed by atoms with Crippen molar-refractivity contribution in [3.63, 3.8) is 0 Å². The predicted octanol–water partition coefficient (Wildman–Crippen LogP) is 2.93. The molecule has 0 radical (unpaired) electrons. The smallest absolute Gasteiger partial charge is 0.338 e. The van der Waals surface area contributed by atoms with Gasteiger partial charge in [0.15, 0.2) is 0 Å². The largest absolute Gasteiger partial charge is 0.462 e. The van der Waals surface area contributed by atoms with Crippen LogP contribution in [-0.2, 0) is 4.74 Å². The minimum atomic E-state index is -0.289. The molecule has 1 aliphatic heterocycles. The number of carbonyl (C=O) groups is 1. The molecule has 0 spiro atoms. The summed E-state index contributed by atoms with van der Waals surface area (Å²) in [7, 11) is 0. The maximum atomic E-state index is 11.6. The molecule has 17 heavy (non-hydrogen) atoms. The van der Waals surface area contributed by atoms with Gasteiger partial charge in [0.1, 0.15) is 0 Å². The lowest BCUT2D eigenvalue weighted by molar-refractivity contribution is 0.0526. The Morgan fingerprint density at radius 3 is 3.00 bits per heavy atom. The van der Waals surface area contributed by atoms with Crippen LogP contribution in [0.4, 0.5) is 0 Å². The molecule has 0 aromatic heterocycles. The van der Waals surface area contributed by atoms with Crippen molar-refractivity contribution >= 4 is 24.3 Å². The molecule has 0 fully saturated rings. The molecule has 2 rings (SSSR count). The number of aliphatic imine (C=N–C) groups is 1. The first-order valence-corrected chi connectivity index (χ1v) is 5.49. The van der Waals surface area contributed by atoms with Crippen molar-refractivity contribution in [2.75, 3.05) is 6.61 Å². The van der Waals surface area contributed by atoms with Gasteiger partial charge in [-0.15, -0.1) is 0 Å². The summed E-state index contributed by atoms with van der Waals surface area (Å²) in [6.45, 7) is 2.18. The molecule has 3 heteroatoms. The van der Waals surface area contributed by atoms with E-state index in [2.05, 4.69) is 4.99 Å². The van der Waals surface area contributed by atoms with Crippen LogP contribution in [0.1, 0.15) is 28.4 Å². The fraction of sp³-hybridized carbons (Fsp3) is 0.143. The molecule has 3 nitrogen and oxygen atoms in total. The average molecular weight is 227 g/mol. The van der Waals surface area contributed by atoms with Gasteiger partial charge in [-0.3, -0.25) is 4.99 Å². The maximum Gasteiger partial charge on any atom is 0.338 e. The second-order valence-corrected chi connectivity index (χ2v) is 3.54. The zero-order valence-corrected chi connectivity index (χ0v) is 9.59. The summed E-state index contributed by atoms with van der Waals surface area (Å²) in [6, 6.07) is 5.48. The second-order valence-electron chi connectivity index (χ2n) is 3.54. The zero-order chi connectivity index (χ0) is 12.1. The molecular formula is C14H13NO2. The first-order valence-electron chi connectivity index (χ1n) is 5.49. The van der Waals surface area contributed by atoms with Crippen LogP contribution in [0.15, 0.2) is 35.5 Å². The normalized spacial score (nSPS) is 12.8. The van der Waals surface area contributed by atoms with E-state index in [-0.39, 0.29) is 5.97 Å². The second kappa shape index (κ2) is 5.25. The van der Waals surface area contributed by atoms with Gasteiger partial charge >= 0.3 is 5.97 Å². The lowest BCUT2D eigenvalue weighted by atomic mass is 10.0. The highest BCUT2D eigenvalue weighted by molar-refractivity contribution is 5.91. The van der Waals surface area contributed by atoms with Gasteiger partial charge in [0.2, 0.25) is 0 Å². The Hall–Kier alpha value is -2.16. The number of esters is 1. The van der Waals surface area contributed by atoms with Gasteiger partial charge in [-0.2, -0.15) is 0 Å². The molecule has 0 saturated heterocycles. The third-order valence-electron chi connectivity index (χ3n) is 2.39. The summed E-state index contributed by atoms with van der Waals surface area (Å²) < 4.78 is 4.97. The number of carbonyl (C=O) groups excluding carboxylic acids is 1. The number of fused-ring (bicyclic) bond motifs is 1. The highest BCUT2D eigenvalue weighted by Crippen LogP contribution is 2.17. The summed E-state index contributed by atoms with van der Waals surface area (Å²) in [5, 5.41) is 0. The third kappa shape index (κ3) is 2.69. The average Bonchev–Trinajstić information content (AvgIpc) is 2.30. The fourth-order valence-corrected chi connectivity index (χ4v) is 1.58. The van der Waals surface area contributed by atoms with Crippen LogP contribution < -0.4 is 0 Å². The van der Waals surface area contributed by atoms with Gasteiger partial charge in [0.25, 0.3) is 0 Å². The summed E-state index contributed by atoms with van der Waals surface area (Å²) in [5.41, 5.74) is 2.59. The SMILES string of the molecule is CCOC(=O)c1ccc2c(c1)C=CC=NC=C2. The van der Waals surface area contributed by atoms with Gasteiger partial charge in [-0.05, 0) is 42.3 Å². The summed E-state index contributed by atoms with van der Waals surface area (Å²) >= 11 is 0. The molecule has 1 aliphatic rings. The van der Waals surface area contributed by atoms with Crippen molar-refractivity contribution in [2.45, 2.75) is 6.92 Å². The van der Waals surface area contributed by atoms with Crippen molar-refractivity contribution in [1.82, 2.24) is 0 Å². The zero-order valence-electron chi connectivity index (χ0n) is 9.59. The van der Waals surface area contributed by atoms with Crippen LogP contribution in [0.2, 0.25) is 0 Å². The molecule has 0 N–H and O–H groups in total. The Morgan fingerprint density at radius 1 is 1.29 bits per heavy atom. The third-order valence-corrected chi connectivity index (χ3v) is 2.39. The van der Waals surface area contributed by atoms with E-state index in [1.54, 1.807) is 25.4 Å². The predicted molar refractivity (Wildman–Crippen MR) is 69.0 cm³/mol. The Labute approximate surface area is 100 Å².